The Morgan fingerprint density at radius 1 is 1.19 bits per heavy atom. The lowest BCUT2D eigenvalue weighted by Crippen LogP contribution is -2.12. The molecule has 0 aliphatic rings. The molecule has 0 spiro atoms. The Kier molecular flexibility index (Phi) is 5.13. The second-order valence-corrected chi connectivity index (χ2v) is 5.46. The van der Waals surface area contributed by atoms with Gasteiger partial charge < -0.3 is 15.4 Å². The second-order valence-electron chi connectivity index (χ2n) is 5.46. The number of carbonyl (C=O) groups excluding carboxylic acids is 1. The van der Waals surface area contributed by atoms with Gasteiger partial charge in [-0.1, -0.05) is 0 Å². The zero-order valence-electron chi connectivity index (χ0n) is 14.6. The molecule has 0 saturated carbocycles. The number of methoxy groups -OCH3 is 1. The number of nitrogens with zero attached hydrogens (tertiary/aromatic N) is 4. The average molecular weight is 364 g/mol. The fourth-order valence-corrected chi connectivity index (χ4v) is 2.23. The van der Waals surface area contributed by atoms with Crippen molar-refractivity contribution in [2.45, 2.75) is 6.92 Å². The van der Waals surface area contributed by atoms with Crippen LogP contribution in [0.3, 0.4) is 0 Å². The van der Waals surface area contributed by atoms with E-state index in [1.54, 1.807) is 30.6 Å². The molecule has 2 aromatic heterocycles. The maximum absolute atomic E-state index is 11.4. The van der Waals surface area contributed by atoms with E-state index < -0.39 is 6.09 Å². The van der Waals surface area contributed by atoms with E-state index in [9.17, 15) is 4.79 Å². The normalized spacial score (nSPS) is 9.96. The van der Waals surface area contributed by atoms with Crippen LogP contribution in [0.1, 0.15) is 11.3 Å². The minimum Gasteiger partial charge on any atom is -0.453 e. The third kappa shape index (κ3) is 4.49. The maximum atomic E-state index is 11.4. The zero-order chi connectivity index (χ0) is 19.2. The van der Waals surface area contributed by atoms with Crippen molar-refractivity contribution < 1.29 is 9.53 Å². The fourth-order valence-electron chi connectivity index (χ4n) is 2.23. The number of benzene rings is 1. The van der Waals surface area contributed by atoms with Crippen molar-refractivity contribution in [2.24, 2.45) is 0 Å². The number of aryl methyl sites for hydroxylation is 1. The number of nitrogens with one attached hydrogen (secondary N) is 4. The Labute approximate surface area is 154 Å². The molecule has 10 nitrogen and oxygen atoms in total. The molecule has 1 amide bonds. The van der Waals surface area contributed by atoms with Gasteiger partial charge in [0, 0.05) is 17.4 Å². The number of ether oxygens (including phenoxy) is 1. The lowest BCUT2D eigenvalue weighted by molar-refractivity contribution is 0.187. The first kappa shape index (κ1) is 17.7. The smallest absolute Gasteiger partial charge is 0.411 e. The van der Waals surface area contributed by atoms with Gasteiger partial charge in [-0.15, -0.1) is 0 Å². The molecule has 0 radical (unpaired) electrons. The first-order valence-electron chi connectivity index (χ1n) is 7.84. The predicted molar refractivity (Wildman–Crippen MR) is 99.1 cm³/mol. The molecule has 2 heterocycles. The summed E-state index contributed by atoms with van der Waals surface area (Å²) in [6, 6.07) is 8.73. The molecule has 4 N–H and O–H groups in total. The number of amides is 1. The summed E-state index contributed by atoms with van der Waals surface area (Å²) in [4.78, 5) is 20.0. The van der Waals surface area contributed by atoms with Gasteiger partial charge in [-0.2, -0.15) is 10.4 Å². The lowest BCUT2D eigenvalue weighted by Gasteiger charge is -2.10. The number of H-pyrrole nitrogens is 1. The van der Waals surface area contributed by atoms with Crippen LogP contribution < -0.4 is 16.0 Å². The van der Waals surface area contributed by atoms with Crippen LogP contribution >= 0.6 is 0 Å². The Morgan fingerprint density at radius 2 is 1.96 bits per heavy atom. The van der Waals surface area contributed by atoms with Gasteiger partial charge in [0.05, 0.1) is 30.8 Å². The molecular formula is C17H16N8O2. The van der Waals surface area contributed by atoms with Gasteiger partial charge >= 0.3 is 6.09 Å². The van der Waals surface area contributed by atoms with E-state index in [-0.39, 0.29) is 0 Å². The number of aromatic amines is 1. The summed E-state index contributed by atoms with van der Waals surface area (Å²) in [7, 11) is 1.25. The number of anilines is 5. The topological polar surface area (TPSA) is 141 Å². The van der Waals surface area contributed by atoms with Crippen LogP contribution in [0.2, 0.25) is 0 Å². The van der Waals surface area contributed by atoms with Gasteiger partial charge in [0.2, 0.25) is 0 Å². The summed E-state index contributed by atoms with van der Waals surface area (Å²) in [5, 5.41) is 24.7. The molecule has 0 saturated heterocycles. The van der Waals surface area contributed by atoms with E-state index in [1.807, 2.05) is 19.1 Å². The first-order valence-corrected chi connectivity index (χ1v) is 7.84. The van der Waals surface area contributed by atoms with E-state index in [1.165, 1.54) is 7.11 Å². The number of nitriles is 1. The van der Waals surface area contributed by atoms with Crippen LogP contribution in [0.15, 0.2) is 36.7 Å². The van der Waals surface area contributed by atoms with E-state index in [4.69, 9.17) is 5.26 Å². The second kappa shape index (κ2) is 7.83. The molecule has 1 aromatic carbocycles. The highest BCUT2D eigenvalue weighted by Crippen LogP contribution is 2.23. The van der Waals surface area contributed by atoms with E-state index >= 15 is 0 Å². The lowest BCUT2D eigenvalue weighted by atomic mass is 10.1. The van der Waals surface area contributed by atoms with Gasteiger partial charge in [-0.3, -0.25) is 15.4 Å². The highest BCUT2D eigenvalue weighted by molar-refractivity contribution is 5.87. The highest BCUT2D eigenvalue weighted by atomic mass is 16.5. The minimum atomic E-state index is -0.663. The number of aromatic nitrogens is 4. The van der Waals surface area contributed by atoms with Crippen LogP contribution in [0.4, 0.5) is 33.6 Å². The van der Waals surface area contributed by atoms with Crippen molar-refractivity contribution in [1.82, 2.24) is 20.2 Å². The van der Waals surface area contributed by atoms with Gasteiger partial charge in [-0.05, 0) is 25.1 Å². The van der Waals surface area contributed by atoms with E-state index in [2.05, 4.69) is 40.9 Å². The van der Waals surface area contributed by atoms with Gasteiger partial charge in [0.15, 0.2) is 17.5 Å². The van der Waals surface area contributed by atoms with Crippen LogP contribution in [0.25, 0.3) is 0 Å². The molecule has 0 atom stereocenters. The summed E-state index contributed by atoms with van der Waals surface area (Å²) in [5.41, 5.74) is 2.16. The SMILES string of the molecule is COC(=O)Nc1cc(Nc2cncc(Nc3cc(C)[nH]n3)n2)ccc1C#N. The summed E-state index contributed by atoms with van der Waals surface area (Å²) < 4.78 is 4.57. The molecule has 27 heavy (non-hydrogen) atoms. The highest BCUT2D eigenvalue weighted by Gasteiger charge is 2.09. The zero-order valence-corrected chi connectivity index (χ0v) is 14.6. The number of rotatable bonds is 5. The summed E-state index contributed by atoms with van der Waals surface area (Å²) in [5.74, 6) is 1.61. The van der Waals surface area contributed by atoms with Crippen molar-refractivity contribution in [2.75, 3.05) is 23.1 Å². The number of carbonyl (C=O) groups is 1. The standard InChI is InChI=1S/C17H16N8O2/c1-10-5-14(25-24-10)22-16-9-19-8-15(23-16)20-12-4-3-11(7-18)13(6-12)21-17(26)27-2/h3-6,8-9H,1-2H3,(H,21,26)(H3,20,22,23,24,25). The molecule has 136 valence electrons. The van der Waals surface area contributed by atoms with Gasteiger partial charge in [-0.25, -0.2) is 9.78 Å². The van der Waals surface area contributed by atoms with Gasteiger partial charge in [0.1, 0.15) is 6.07 Å². The Hall–Kier alpha value is -4.13. The largest absolute Gasteiger partial charge is 0.453 e. The fraction of sp³-hybridized carbons (Fsp3) is 0.118. The third-order valence-electron chi connectivity index (χ3n) is 3.43. The molecule has 10 heteroatoms. The van der Waals surface area contributed by atoms with E-state index in [0.29, 0.717) is 34.4 Å². The summed E-state index contributed by atoms with van der Waals surface area (Å²) >= 11 is 0. The van der Waals surface area contributed by atoms with Crippen molar-refractivity contribution >= 4 is 34.9 Å². The molecule has 3 aromatic rings. The molecule has 0 bridgehead atoms. The van der Waals surface area contributed by atoms with Crippen LogP contribution in [-0.2, 0) is 4.74 Å². The molecule has 0 aliphatic heterocycles. The van der Waals surface area contributed by atoms with Crippen molar-refractivity contribution in [3.05, 3.63) is 47.9 Å². The Morgan fingerprint density at radius 3 is 2.63 bits per heavy atom. The molecule has 0 aliphatic carbocycles. The van der Waals surface area contributed by atoms with Crippen molar-refractivity contribution in [3.63, 3.8) is 0 Å². The maximum Gasteiger partial charge on any atom is 0.411 e. The van der Waals surface area contributed by atoms with Crippen LogP contribution in [-0.4, -0.2) is 33.4 Å². The Bertz CT molecular complexity index is 1010. The van der Waals surface area contributed by atoms with Crippen LogP contribution in [0, 0.1) is 18.3 Å². The number of hydrogen-bond donors (Lipinski definition) is 4. The summed E-state index contributed by atoms with van der Waals surface area (Å²) in [6.07, 6.45) is 2.45. The Balaban J connectivity index is 1.78. The third-order valence-corrected chi connectivity index (χ3v) is 3.43. The number of hydrogen-bond acceptors (Lipinski definition) is 8. The van der Waals surface area contributed by atoms with Crippen molar-refractivity contribution in [1.29, 1.82) is 5.26 Å². The van der Waals surface area contributed by atoms with E-state index in [0.717, 1.165) is 5.69 Å². The van der Waals surface area contributed by atoms with Gasteiger partial charge in [0.25, 0.3) is 0 Å². The molecule has 0 unspecified atom stereocenters. The minimum absolute atomic E-state index is 0.307. The quantitative estimate of drug-likeness (QED) is 0.541. The molecule has 0 fully saturated rings. The van der Waals surface area contributed by atoms with Crippen molar-refractivity contribution in [3.8, 4) is 6.07 Å². The average Bonchev–Trinajstić information content (AvgIpc) is 3.07. The molecular weight excluding hydrogens is 348 g/mol. The monoisotopic (exact) mass is 364 g/mol. The predicted octanol–water partition coefficient (Wildman–Crippen LogP) is 3.05. The summed E-state index contributed by atoms with van der Waals surface area (Å²) in [6.45, 7) is 1.90. The van der Waals surface area contributed by atoms with Crippen LogP contribution in [0.5, 0.6) is 0 Å². The molecule has 3 rings (SSSR count). The first-order chi connectivity index (χ1) is 13.1.